The summed E-state index contributed by atoms with van der Waals surface area (Å²) in [4.78, 5) is 32.8. The molecule has 1 fully saturated rings. The number of alkyl halides is 6. The Morgan fingerprint density at radius 1 is 0.662 bits per heavy atom. The summed E-state index contributed by atoms with van der Waals surface area (Å²) in [5.74, 6) is -1.37. The summed E-state index contributed by atoms with van der Waals surface area (Å²) >= 11 is 23.2. The number of nitrogens with one attached hydrogen (secondary N) is 3. The number of amides is 1. The van der Waals surface area contributed by atoms with Crippen molar-refractivity contribution in [3.63, 3.8) is 0 Å². The number of aromatic nitrogens is 8. The van der Waals surface area contributed by atoms with Crippen LogP contribution in [0.1, 0.15) is 85.0 Å². The van der Waals surface area contributed by atoms with Crippen molar-refractivity contribution >= 4 is 89.7 Å². The van der Waals surface area contributed by atoms with E-state index in [1.807, 2.05) is 14.1 Å². The van der Waals surface area contributed by atoms with Crippen molar-refractivity contribution in [2.24, 2.45) is 0 Å². The van der Waals surface area contributed by atoms with Crippen LogP contribution in [0.4, 0.5) is 37.7 Å². The molecular weight excluding hydrogens is 1160 g/mol. The van der Waals surface area contributed by atoms with Gasteiger partial charge >= 0.3 is 18.3 Å². The number of anilines is 2. The normalized spacial score (nSPS) is 12.7. The largest absolute Gasteiger partial charge is 0.463 e. The second kappa shape index (κ2) is 26.6. The highest BCUT2D eigenvalue weighted by molar-refractivity contribution is 7.93. The van der Waals surface area contributed by atoms with Crippen molar-refractivity contribution in [1.29, 1.82) is 0 Å². The van der Waals surface area contributed by atoms with Crippen LogP contribution in [-0.2, 0) is 41.9 Å². The van der Waals surface area contributed by atoms with E-state index in [0.29, 0.717) is 12.1 Å². The molecule has 0 radical (unpaired) electrons. The van der Waals surface area contributed by atoms with Crippen molar-refractivity contribution in [2.75, 3.05) is 58.0 Å². The van der Waals surface area contributed by atoms with Gasteiger partial charge < -0.3 is 19.7 Å². The molecule has 0 saturated carbocycles. The summed E-state index contributed by atoms with van der Waals surface area (Å²) in [7, 11) is -1.15. The van der Waals surface area contributed by atoms with Gasteiger partial charge in [-0.15, -0.1) is 20.4 Å². The van der Waals surface area contributed by atoms with E-state index in [0.717, 1.165) is 44.6 Å². The number of ether oxygens (including phenoxy) is 2. The molecule has 0 aliphatic carbocycles. The molecule has 0 spiro atoms. The van der Waals surface area contributed by atoms with Gasteiger partial charge in [0, 0.05) is 51.8 Å². The van der Waals surface area contributed by atoms with Crippen LogP contribution >= 0.6 is 46.4 Å². The zero-order valence-electron chi connectivity index (χ0n) is 42.1. The molecular formula is C45H50Cl4F6N12O8S2. The van der Waals surface area contributed by atoms with E-state index in [1.54, 1.807) is 27.7 Å². The number of methoxy groups -OCH3 is 1. The van der Waals surface area contributed by atoms with Gasteiger partial charge in [0.25, 0.3) is 26.0 Å². The van der Waals surface area contributed by atoms with Gasteiger partial charge in [-0.1, -0.05) is 46.4 Å². The number of hydrogen-bond acceptors (Lipinski definition) is 15. The average molecular weight is 1210 g/mol. The number of carbonyl (C=O) groups excluding carboxylic acids is 2. The molecule has 0 unspecified atom stereocenters. The van der Waals surface area contributed by atoms with Crippen molar-refractivity contribution in [2.45, 2.75) is 74.8 Å². The Labute approximate surface area is 458 Å². The van der Waals surface area contributed by atoms with Crippen molar-refractivity contribution in [3.8, 4) is 23.0 Å². The zero-order valence-corrected chi connectivity index (χ0v) is 46.8. The molecule has 1 aliphatic rings. The number of sulfonamides is 2. The first-order chi connectivity index (χ1) is 35.8. The van der Waals surface area contributed by atoms with Gasteiger partial charge in [-0.05, 0) is 103 Å². The summed E-state index contributed by atoms with van der Waals surface area (Å²) in [6.07, 6.45) is -4.75. The summed E-state index contributed by atoms with van der Waals surface area (Å²) in [5.41, 5.74) is -3.13. The van der Waals surface area contributed by atoms with Crippen molar-refractivity contribution in [1.82, 2.24) is 49.7 Å². The van der Waals surface area contributed by atoms with E-state index in [2.05, 4.69) is 45.1 Å². The number of benzene rings is 2. The molecule has 1 saturated heterocycles. The molecule has 5 heterocycles. The minimum absolute atomic E-state index is 0.00291. The smallest absolute Gasteiger partial charge is 0.417 e. The van der Waals surface area contributed by atoms with Gasteiger partial charge in [-0.2, -0.15) is 26.3 Å². The highest BCUT2D eigenvalue weighted by Crippen LogP contribution is 2.39. The van der Waals surface area contributed by atoms with Crippen LogP contribution in [0.2, 0.25) is 20.1 Å². The Balaban J connectivity index is 0.000000290. The van der Waals surface area contributed by atoms with Crippen LogP contribution in [0.25, 0.3) is 23.0 Å². The van der Waals surface area contributed by atoms with E-state index in [-0.39, 0.29) is 68.2 Å². The molecule has 2 aromatic carbocycles. The lowest BCUT2D eigenvalue weighted by Crippen LogP contribution is -2.26. The van der Waals surface area contributed by atoms with Gasteiger partial charge in [0.05, 0.1) is 59.5 Å². The lowest BCUT2D eigenvalue weighted by Gasteiger charge is -2.17. The number of hydrogen-bond donors (Lipinski definition) is 3. The summed E-state index contributed by atoms with van der Waals surface area (Å²) in [6, 6.07) is 6.04. The standard InChI is InChI=1S/C20H19Cl2F3N6O3S.C19H16Cl2F3N5O4S.C4H8O.C2H7N/c1-10(2)31-17(27-28-18(31)19(32)30(3)4)16-15(7-11(21)9-26-16)29-35(33,34)12-5-6-14(22)13(8-12)20(23,24)25;1-9(2)29-16(26-27-17(29)18(30)33-3)15-14(6-10(20)8-25-15)28-34(31,32)11-4-5-13(21)12(7-11)19(22,23)24;1-2-4-5-3-1;1-3-2/h5-10,29H,1-4H3;4-9,28H,1-3H3;1-4H2;3H,1-2H3. The molecule has 3 N–H and O–H groups in total. The molecule has 0 atom stereocenters. The quantitative estimate of drug-likeness (QED) is 0.0762. The molecule has 77 heavy (non-hydrogen) atoms. The predicted octanol–water partition coefficient (Wildman–Crippen LogP) is 10.2. The first-order valence-corrected chi connectivity index (χ1v) is 26.8. The zero-order chi connectivity index (χ0) is 58.0. The SMILES string of the molecule is C1CCOC1.CC(C)n1c(C(=O)N(C)C)nnc1-c1ncc(Cl)cc1NS(=O)(=O)c1ccc(Cl)c(C(F)(F)F)c1.CNC.COC(=O)c1nnc(-c2ncc(Cl)cc2NS(=O)(=O)c2ccc(Cl)c(C(F)(F)F)c2)n1C(C)C. The first kappa shape index (κ1) is 63.7. The van der Waals surface area contributed by atoms with Crippen molar-refractivity contribution in [3.05, 3.63) is 104 Å². The maximum absolute atomic E-state index is 13.3. The van der Waals surface area contributed by atoms with E-state index in [1.165, 1.54) is 65.5 Å². The van der Waals surface area contributed by atoms with Gasteiger partial charge in [0.1, 0.15) is 11.4 Å². The fraction of sp³-hybridized carbons (Fsp3) is 0.378. The second-order valence-electron chi connectivity index (χ2n) is 16.7. The Hall–Kier alpha value is -5.88. The topological polar surface area (TPSA) is 247 Å². The number of halogens is 10. The summed E-state index contributed by atoms with van der Waals surface area (Å²) in [6.45, 7) is 8.94. The second-order valence-corrected chi connectivity index (χ2v) is 21.8. The molecule has 1 aliphatic heterocycles. The van der Waals surface area contributed by atoms with Crippen LogP contribution < -0.4 is 14.8 Å². The molecule has 4 aromatic heterocycles. The highest BCUT2D eigenvalue weighted by Gasteiger charge is 2.37. The summed E-state index contributed by atoms with van der Waals surface area (Å²) < 4.78 is 148. The minimum Gasteiger partial charge on any atom is -0.463 e. The fourth-order valence-corrected chi connectivity index (χ4v) is 9.48. The summed E-state index contributed by atoms with van der Waals surface area (Å²) in [5, 5.41) is 17.2. The minimum atomic E-state index is -4.87. The van der Waals surface area contributed by atoms with Crippen LogP contribution in [-0.4, -0.2) is 122 Å². The van der Waals surface area contributed by atoms with E-state index in [4.69, 9.17) is 55.9 Å². The van der Waals surface area contributed by atoms with Crippen LogP contribution in [0.3, 0.4) is 0 Å². The maximum Gasteiger partial charge on any atom is 0.417 e. The van der Waals surface area contributed by atoms with Gasteiger partial charge in [0.15, 0.2) is 11.6 Å². The Morgan fingerprint density at radius 3 is 1.36 bits per heavy atom. The molecule has 420 valence electrons. The Bertz CT molecular complexity index is 3280. The van der Waals surface area contributed by atoms with E-state index < -0.39 is 75.2 Å². The Morgan fingerprint density at radius 2 is 1.04 bits per heavy atom. The van der Waals surface area contributed by atoms with Crippen LogP contribution in [0.15, 0.2) is 70.7 Å². The monoisotopic (exact) mass is 1200 g/mol. The third kappa shape index (κ3) is 16.3. The number of rotatable bonds is 12. The molecule has 20 nitrogen and oxygen atoms in total. The number of nitrogens with zero attached hydrogens (tertiary/aromatic N) is 9. The van der Waals surface area contributed by atoms with Crippen LogP contribution in [0.5, 0.6) is 0 Å². The van der Waals surface area contributed by atoms with Gasteiger partial charge in [0.2, 0.25) is 11.6 Å². The lowest BCUT2D eigenvalue weighted by atomic mass is 10.2. The van der Waals surface area contributed by atoms with Crippen LogP contribution in [0, 0.1) is 0 Å². The van der Waals surface area contributed by atoms with Gasteiger partial charge in [-0.25, -0.2) is 31.6 Å². The maximum atomic E-state index is 13.3. The van der Waals surface area contributed by atoms with Crippen molar-refractivity contribution < 1.29 is 62.2 Å². The Kier molecular flexibility index (Phi) is 22.0. The van der Waals surface area contributed by atoms with E-state index >= 15 is 0 Å². The molecule has 0 bridgehead atoms. The molecule has 7 rings (SSSR count). The average Bonchev–Trinajstić information content (AvgIpc) is 4.14. The molecule has 6 aromatic rings. The van der Waals surface area contributed by atoms with E-state index in [9.17, 15) is 52.8 Å². The number of esters is 1. The fourth-order valence-electron chi connectivity index (χ4n) is 6.55. The highest BCUT2D eigenvalue weighted by atomic mass is 35.5. The number of pyridine rings is 2. The lowest BCUT2D eigenvalue weighted by molar-refractivity contribution is -0.138. The predicted molar refractivity (Wildman–Crippen MR) is 276 cm³/mol. The third-order valence-electron chi connectivity index (χ3n) is 9.95. The molecule has 1 amide bonds. The third-order valence-corrected chi connectivity index (χ3v) is 13.7. The number of carbonyl (C=O) groups is 2. The van der Waals surface area contributed by atoms with Gasteiger partial charge in [-0.3, -0.25) is 23.4 Å². The first-order valence-electron chi connectivity index (χ1n) is 22.3. The molecule has 32 heteroatoms.